The van der Waals surface area contributed by atoms with Crippen LogP contribution in [0, 0.1) is 5.92 Å². The molecule has 0 unspecified atom stereocenters. The minimum Gasteiger partial charge on any atom is -0.457 e. The van der Waals surface area contributed by atoms with E-state index < -0.39 is 0 Å². The fourth-order valence-electron chi connectivity index (χ4n) is 10.3. The molecule has 0 bridgehead atoms. The molecule has 0 N–H and O–H groups in total. The number of ether oxygens (including phenoxy) is 1. The van der Waals surface area contributed by atoms with Gasteiger partial charge in [-0.1, -0.05) is 165 Å². The lowest BCUT2D eigenvalue weighted by Gasteiger charge is -2.24. The minimum absolute atomic E-state index is 0.00715. The Hall–Kier alpha value is -7.89. The van der Waals surface area contributed by atoms with Crippen molar-refractivity contribution in [3.63, 3.8) is 0 Å². The van der Waals surface area contributed by atoms with Crippen LogP contribution in [0.4, 0.5) is 22.7 Å². The number of para-hydroxylation sites is 2. The summed E-state index contributed by atoms with van der Waals surface area (Å²) in [6, 6.07) is 70.3. The number of rotatable bonds is 10. The summed E-state index contributed by atoms with van der Waals surface area (Å²) >= 11 is 0. The molecule has 0 saturated carbocycles. The number of hydrogen-bond acceptors (Lipinski definition) is 4. The Balaban J connectivity index is 0.968. The molecule has 1 aliphatic rings. The first-order valence-electron chi connectivity index (χ1n) is 25.1. The third-order valence-electron chi connectivity index (χ3n) is 14.0. The molecule has 0 radical (unpaired) electrons. The number of hydrogen-bond donors (Lipinski definition) is 0. The van der Waals surface area contributed by atoms with E-state index in [2.05, 4.69) is 270 Å². The molecule has 352 valence electrons. The largest absolute Gasteiger partial charge is 0.457 e. The maximum atomic E-state index is 6.90. The molecule has 2 aromatic heterocycles. The van der Waals surface area contributed by atoms with Gasteiger partial charge in [0, 0.05) is 46.0 Å². The van der Waals surface area contributed by atoms with E-state index in [9.17, 15) is 0 Å². The molecule has 0 atom stereocenters. The third kappa shape index (κ3) is 8.98. The fourth-order valence-corrected chi connectivity index (χ4v) is 10.3. The second kappa shape index (κ2) is 18.1. The highest BCUT2D eigenvalue weighted by Gasteiger charge is 2.29. The summed E-state index contributed by atoms with van der Waals surface area (Å²) in [6.07, 6.45) is 3.04. The molecule has 71 heavy (non-hydrogen) atoms. The van der Waals surface area contributed by atoms with E-state index in [1.807, 2.05) is 0 Å². The summed E-state index contributed by atoms with van der Waals surface area (Å²) in [5.41, 5.74) is 17.8. The highest BCUT2D eigenvalue weighted by molar-refractivity contribution is 6.10. The van der Waals surface area contributed by atoms with Crippen molar-refractivity contribution in [3.8, 4) is 50.7 Å². The standard InChI is InChI=1S/C66H62N4O/c1-44(2)33-50-38-64(67-42-59(50)47-23-17-24-51(35-47)65(3,4)5)70-60-32-29-52(66(6,7)8)39-58(60)57-31-30-56(41-63(57)70)71-55-26-18-25-53(40-55)68-43-69(62-28-16-15-27-61(62)68)54-36-48(45-19-11-9-12-20-45)34-49(37-54)46-21-13-10-14-22-46/h9-32,34-42,44H,33,43H2,1-8H3. The van der Waals surface area contributed by atoms with Crippen LogP contribution < -0.4 is 14.5 Å². The summed E-state index contributed by atoms with van der Waals surface area (Å²) < 4.78 is 9.24. The molecular formula is C66H62N4O. The van der Waals surface area contributed by atoms with Crippen molar-refractivity contribution in [2.45, 2.75) is 72.6 Å². The van der Waals surface area contributed by atoms with E-state index in [4.69, 9.17) is 9.72 Å². The highest BCUT2D eigenvalue weighted by atomic mass is 16.5. The molecule has 1 aliphatic heterocycles. The van der Waals surface area contributed by atoms with Gasteiger partial charge in [-0.05, 0) is 140 Å². The van der Waals surface area contributed by atoms with Gasteiger partial charge in [-0.3, -0.25) is 4.57 Å². The Morgan fingerprint density at radius 1 is 0.479 bits per heavy atom. The number of anilines is 4. The molecule has 11 rings (SSSR count). The second-order valence-corrected chi connectivity index (χ2v) is 21.7. The maximum Gasteiger partial charge on any atom is 0.137 e. The van der Waals surface area contributed by atoms with Gasteiger partial charge >= 0.3 is 0 Å². The number of fused-ring (bicyclic) bond motifs is 4. The van der Waals surface area contributed by atoms with Gasteiger partial charge in [-0.25, -0.2) is 4.98 Å². The van der Waals surface area contributed by atoms with Crippen LogP contribution in [-0.4, -0.2) is 16.2 Å². The zero-order chi connectivity index (χ0) is 49.0. The molecule has 5 heteroatoms. The van der Waals surface area contributed by atoms with E-state index in [0.717, 1.165) is 57.5 Å². The quantitative estimate of drug-likeness (QED) is 0.137. The average Bonchev–Trinajstić information content (AvgIpc) is 3.92. The van der Waals surface area contributed by atoms with Crippen LogP contribution in [0.25, 0.3) is 61.0 Å². The fraction of sp³-hybridized carbons (Fsp3) is 0.197. The topological polar surface area (TPSA) is 33.5 Å². The van der Waals surface area contributed by atoms with Gasteiger partial charge in [0.05, 0.1) is 22.4 Å². The van der Waals surface area contributed by atoms with E-state index in [-0.39, 0.29) is 10.8 Å². The van der Waals surface area contributed by atoms with Crippen LogP contribution in [0.1, 0.15) is 72.1 Å². The van der Waals surface area contributed by atoms with Gasteiger partial charge in [-0.15, -0.1) is 0 Å². The van der Waals surface area contributed by atoms with Crippen molar-refractivity contribution < 1.29 is 4.74 Å². The minimum atomic E-state index is -0.00715. The summed E-state index contributed by atoms with van der Waals surface area (Å²) in [7, 11) is 0. The lowest BCUT2D eigenvalue weighted by atomic mass is 9.85. The van der Waals surface area contributed by atoms with E-state index in [1.54, 1.807) is 0 Å². The van der Waals surface area contributed by atoms with Gasteiger partial charge < -0.3 is 14.5 Å². The predicted octanol–water partition coefficient (Wildman–Crippen LogP) is 18.0. The lowest BCUT2D eigenvalue weighted by Crippen LogP contribution is -2.24. The number of pyridine rings is 1. The van der Waals surface area contributed by atoms with E-state index in [1.165, 1.54) is 60.8 Å². The number of nitrogens with zero attached hydrogens (tertiary/aromatic N) is 4. The zero-order valence-corrected chi connectivity index (χ0v) is 42.2. The van der Waals surface area contributed by atoms with Crippen LogP contribution in [0.15, 0.2) is 200 Å². The summed E-state index contributed by atoms with van der Waals surface area (Å²) in [5.74, 6) is 2.91. The zero-order valence-electron chi connectivity index (χ0n) is 42.2. The van der Waals surface area contributed by atoms with Crippen LogP contribution in [0.3, 0.4) is 0 Å². The molecule has 0 fully saturated rings. The van der Waals surface area contributed by atoms with E-state index >= 15 is 0 Å². The van der Waals surface area contributed by atoms with Crippen LogP contribution in [0.5, 0.6) is 11.5 Å². The van der Waals surface area contributed by atoms with Crippen molar-refractivity contribution in [2.75, 3.05) is 16.5 Å². The van der Waals surface area contributed by atoms with Crippen molar-refractivity contribution in [1.29, 1.82) is 0 Å². The van der Waals surface area contributed by atoms with Crippen molar-refractivity contribution in [2.24, 2.45) is 5.92 Å². The molecule has 3 heterocycles. The first-order chi connectivity index (χ1) is 34.2. The Kier molecular flexibility index (Phi) is 11.6. The first-order valence-corrected chi connectivity index (χ1v) is 25.1. The molecule has 10 aromatic rings. The summed E-state index contributed by atoms with van der Waals surface area (Å²) in [6.45, 7) is 18.9. The van der Waals surface area contributed by atoms with Gasteiger partial charge in [-0.2, -0.15) is 0 Å². The van der Waals surface area contributed by atoms with E-state index in [0.29, 0.717) is 12.6 Å². The molecular weight excluding hydrogens is 865 g/mol. The summed E-state index contributed by atoms with van der Waals surface area (Å²) in [4.78, 5) is 10.1. The lowest BCUT2D eigenvalue weighted by molar-refractivity contribution is 0.483. The Morgan fingerprint density at radius 2 is 1.08 bits per heavy atom. The third-order valence-corrected chi connectivity index (χ3v) is 14.0. The van der Waals surface area contributed by atoms with Gasteiger partial charge in [0.25, 0.3) is 0 Å². The number of benzene rings is 8. The van der Waals surface area contributed by atoms with Crippen LogP contribution >= 0.6 is 0 Å². The van der Waals surface area contributed by atoms with Gasteiger partial charge in [0.15, 0.2) is 0 Å². The summed E-state index contributed by atoms with van der Waals surface area (Å²) in [5, 5.41) is 2.37. The molecule has 0 aliphatic carbocycles. The Bertz CT molecular complexity index is 3520. The molecule has 0 spiro atoms. The normalized spacial score (nSPS) is 12.9. The average molecular weight is 927 g/mol. The van der Waals surface area contributed by atoms with Crippen molar-refractivity contribution >= 4 is 44.6 Å². The highest BCUT2D eigenvalue weighted by Crippen LogP contribution is 2.47. The van der Waals surface area contributed by atoms with Gasteiger partial charge in [0.1, 0.15) is 24.0 Å². The molecule has 0 saturated heterocycles. The van der Waals surface area contributed by atoms with Gasteiger partial charge in [0.2, 0.25) is 0 Å². The Morgan fingerprint density at radius 3 is 1.75 bits per heavy atom. The Labute approximate surface area is 419 Å². The predicted molar refractivity (Wildman–Crippen MR) is 299 cm³/mol. The second-order valence-electron chi connectivity index (χ2n) is 21.7. The first kappa shape index (κ1) is 45.5. The number of aromatic nitrogens is 2. The molecule has 8 aromatic carbocycles. The van der Waals surface area contributed by atoms with Crippen molar-refractivity contribution in [1.82, 2.24) is 9.55 Å². The maximum absolute atomic E-state index is 6.90. The SMILES string of the molecule is CC(C)Cc1cc(-n2c3ccc(C(C)(C)C)cc3c3ccc(Oc4cccc(N5CN(c6cc(-c7ccccc7)cc(-c7ccccc7)c6)c6ccccc65)c4)cc32)ncc1-c1cccc(C(C)(C)C)c1. The van der Waals surface area contributed by atoms with Crippen LogP contribution in [-0.2, 0) is 17.3 Å². The van der Waals surface area contributed by atoms with Crippen LogP contribution in [0.2, 0.25) is 0 Å². The smallest absolute Gasteiger partial charge is 0.137 e. The molecule has 0 amide bonds. The van der Waals surface area contributed by atoms with Crippen molar-refractivity contribution in [3.05, 3.63) is 217 Å². The monoisotopic (exact) mass is 926 g/mol. The molecule has 5 nitrogen and oxygen atoms in total.